The standard InChI is InChI=1S/C16H24N2OS2/c1-4-17(5-2)10-11-18-15(19)12-21-16(18)13-6-8-14(20-3)9-7-13/h6-9,16H,4-5,10-12H2,1-3H3. The average molecular weight is 325 g/mol. The fourth-order valence-corrected chi connectivity index (χ4v) is 4.16. The lowest BCUT2D eigenvalue weighted by Crippen LogP contribution is -2.37. The van der Waals surface area contributed by atoms with Gasteiger partial charge in [-0.25, -0.2) is 0 Å². The highest BCUT2D eigenvalue weighted by Gasteiger charge is 2.32. The fourth-order valence-electron chi connectivity index (χ4n) is 2.53. The van der Waals surface area contributed by atoms with Crippen molar-refractivity contribution in [2.24, 2.45) is 0 Å². The number of carbonyl (C=O) groups excluding carboxylic acids is 1. The Morgan fingerprint density at radius 2 is 1.95 bits per heavy atom. The lowest BCUT2D eigenvalue weighted by molar-refractivity contribution is -0.128. The zero-order valence-corrected chi connectivity index (χ0v) is 14.7. The average Bonchev–Trinajstić information content (AvgIpc) is 2.89. The Morgan fingerprint density at radius 1 is 1.29 bits per heavy atom. The molecule has 1 aromatic rings. The number of hydrogen-bond donors (Lipinski definition) is 0. The van der Waals surface area contributed by atoms with E-state index in [2.05, 4.69) is 49.3 Å². The summed E-state index contributed by atoms with van der Waals surface area (Å²) in [5, 5.41) is 0.184. The van der Waals surface area contributed by atoms with E-state index in [1.807, 2.05) is 4.90 Å². The Bertz CT molecular complexity index is 460. The molecular formula is C16H24N2OS2. The second-order valence-corrected chi connectivity index (χ2v) is 7.00. The van der Waals surface area contributed by atoms with Gasteiger partial charge in [0.2, 0.25) is 5.91 Å². The van der Waals surface area contributed by atoms with Crippen LogP contribution < -0.4 is 0 Å². The van der Waals surface area contributed by atoms with Gasteiger partial charge in [0.05, 0.1) is 5.75 Å². The monoisotopic (exact) mass is 324 g/mol. The fraction of sp³-hybridized carbons (Fsp3) is 0.562. The van der Waals surface area contributed by atoms with Gasteiger partial charge in [0.15, 0.2) is 0 Å². The van der Waals surface area contributed by atoms with E-state index in [0.717, 1.165) is 26.2 Å². The molecule has 1 aliphatic rings. The van der Waals surface area contributed by atoms with Gasteiger partial charge in [-0.1, -0.05) is 26.0 Å². The predicted octanol–water partition coefficient (Wildman–Crippen LogP) is 3.32. The molecule has 1 amide bonds. The summed E-state index contributed by atoms with van der Waals surface area (Å²) in [7, 11) is 0. The maximum absolute atomic E-state index is 12.2. The van der Waals surface area contributed by atoms with E-state index in [4.69, 9.17) is 0 Å². The highest BCUT2D eigenvalue weighted by Crippen LogP contribution is 2.38. The van der Waals surface area contributed by atoms with E-state index in [-0.39, 0.29) is 11.3 Å². The van der Waals surface area contributed by atoms with Crippen LogP contribution in [0.5, 0.6) is 0 Å². The minimum Gasteiger partial charge on any atom is -0.325 e. The molecule has 1 aromatic carbocycles. The van der Waals surface area contributed by atoms with Gasteiger partial charge in [0.1, 0.15) is 5.37 Å². The first-order valence-electron chi connectivity index (χ1n) is 7.47. The normalized spacial score (nSPS) is 18.8. The van der Waals surface area contributed by atoms with E-state index in [1.54, 1.807) is 23.5 Å². The van der Waals surface area contributed by atoms with E-state index in [1.165, 1.54) is 10.5 Å². The van der Waals surface area contributed by atoms with Crippen LogP contribution in [0.25, 0.3) is 0 Å². The number of carbonyl (C=O) groups is 1. The highest BCUT2D eigenvalue weighted by atomic mass is 32.2. The van der Waals surface area contributed by atoms with Crippen molar-refractivity contribution in [2.45, 2.75) is 24.1 Å². The molecule has 2 rings (SSSR count). The number of benzene rings is 1. The van der Waals surface area contributed by atoms with E-state index in [0.29, 0.717) is 5.75 Å². The highest BCUT2D eigenvalue weighted by molar-refractivity contribution is 8.00. The van der Waals surface area contributed by atoms with Gasteiger partial charge in [0.25, 0.3) is 0 Å². The van der Waals surface area contributed by atoms with Gasteiger partial charge in [-0.2, -0.15) is 0 Å². The van der Waals surface area contributed by atoms with Crippen LogP contribution in [-0.2, 0) is 4.79 Å². The summed E-state index contributed by atoms with van der Waals surface area (Å²) in [6.07, 6.45) is 2.08. The number of likely N-dealkylation sites (N-methyl/N-ethyl adjacent to an activating group) is 1. The zero-order valence-electron chi connectivity index (χ0n) is 13.0. The molecule has 0 aliphatic carbocycles. The van der Waals surface area contributed by atoms with Crippen molar-refractivity contribution < 1.29 is 4.79 Å². The molecule has 0 spiro atoms. The minimum absolute atomic E-state index is 0.184. The van der Waals surface area contributed by atoms with E-state index >= 15 is 0 Å². The van der Waals surface area contributed by atoms with Crippen LogP contribution in [0.4, 0.5) is 0 Å². The Morgan fingerprint density at radius 3 is 2.52 bits per heavy atom. The van der Waals surface area contributed by atoms with Gasteiger partial charge in [-0.05, 0) is 37.0 Å². The third-order valence-corrected chi connectivity index (χ3v) is 5.92. The Kier molecular flexibility index (Phi) is 6.45. The summed E-state index contributed by atoms with van der Waals surface area (Å²) in [4.78, 5) is 17.8. The van der Waals surface area contributed by atoms with Crippen LogP contribution >= 0.6 is 23.5 Å². The summed E-state index contributed by atoms with van der Waals surface area (Å²) in [6.45, 7) is 8.20. The van der Waals surface area contributed by atoms with Crippen molar-refractivity contribution in [1.82, 2.24) is 9.80 Å². The quantitative estimate of drug-likeness (QED) is 0.718. The molecule has 1 unspecified atom stereocenters. The van der Waals surface area contributed by atoms with Gasteiger partial charge in [0, 0.05) is 18.0 Å². The molecule has 21 heavy (non-hydrogen) atoms. The summed E-state index contributed by atoms with van der Waals surface area (Å²) < 4.78 is 0. The molecule has 0 bridgehead atoms. The molecule has 1 saturated heterocycles. The molecule has 116 valence electrons. The van der Waals surface area contributed by atoms with Crippen LogP contribution in [-0.4, -0.2) is 53.9 Å². The third kappa shape index (κ3) is 4.18. The van der Waals surface area contributed by atoms with Gasteiger partial charge in [-0.3, -0.25) is 4.79 Å². The topological polar surface area (TPSA) is 23.6 Å². The van der Waals surface area contributed by atoms with Crippen LogP contribution in [0.2, 0.25) is 0 Å². The molecule has 0 aromatic heterocycles. The Hall–Kier alpha value is -0.650. The summed E-state index contributed by atoms with van der Waals surface area (Å²) in [5.41, 5.74) is 1.24. The van der Waals surface area contributed by atoms with E-state index < -0.39 is 0 Å². The lowest BCUT2D eigenvalue weighted by Gasteiger charge is -2.27. The molecule has 3 nitrogen and oxygen atoms in total. The molecule has 1 heterocycles. The van der Waals surface area contributed by atoms with Crippen molar-refractivity contribution in [3.63, 3.8) is 0 Å². The van der Waals surface area contributed by atoms with Crippen LogP contribution in [0.1, 0.15) is 24.8 Å². The van der Waals surface area contributed by atoms with Crippen molar-refractivity contribution in [1.29, 1.82) is 0 Å². The smallest absolute Gasteiger partial charge is 0.233 e. The maximum Gasteiger partial charge on any atom is 0.233 e. The Balaban J connectivity index is 2.04. The first kappa shape index (κ1) is 16.7. The molecule has 1 fully saturated rings. The van der Waals surface area contributed by atoms with Crippen LogP contribution in [0.3, 0.4) is 0 Å². The summed E-state index contributed by atoms with van der Waals surface area (Å²) in [6, 6.07) is 8.61. The largest absolute Gasteiger partial charge is 0.325 e. The predicted molar refractivity (Wildman–Crippen MR) is 92.9 cm³/mol. The molecule has 5 heteroatoms. The summed E-state index contributed by atoms with van der Waals surface area (Å²) >= 11 is 3.49. The molecular weight excluding hydrogens is 300 g/mol. The zero-order chi connectivity index (χ0) is 15.2. The molecule has 0 N–H and O–H groups in total. The van der Waals surface area contributed by atoms with Crippen molar-refractivity contribution >= 4 is 29.4 Å². The van der Waals surface area contributed by atoms with Crippen LogP contribution in [0.15, 0.2) is 29.2 Å². The molecule has 1 atom stereocenters. The number of nitrogens with zero attached hydrogens (tertiary/aromatic N) is 2. The van der Waals surface area contributed by atoms with Gasteiger partial charge >= 0.3 is 0 Å². The van der Waals surface area contributed by atoms with Crippen molar-refractivity contribution in [2.75, 3.05) is 38.2 Å². The van der Waals surface area contributed by atoms with Gasteiger partial charge in [-0.15, -0.1) is 23.5 Å². The third-order valence-electron chi connectivity index (χ3n) is 3.92. The number of thioether (sulfide) groups is 2. The number of rotatable bonds is 7. The van der Waals surface area contributed by atoms with Crippen LogP contribution in [0, 0.1) is 0 Å². The van der Waals surface area contributed by atoms with Gasteiger partial charge < -0.3 is 9.80 Å². The first-order valence-corrected chi connectivity index (χ1v) is 9.74. The van der Waals surface area contributed by atoms with Crippen molar-refractivity contribution in [3.8, 4) is 0 Å². The second kappa shape index (κ2) is 8.11. The van der Waals surface area contributed by atoms with E-state index in [9.17, 15) is 4.79 Å². The van der Waals surface area contributed by atoms with Crippen molar-refractivity contribution in [3.05, 3.63) is 29.8 Å². The minimum atomic E-state index is 0.184. The second-order valence-electron chi connectivity index (χ2n) is 5.05. The molecule has 0 saturated carbocycles. The maximum atomic E-state index is 12.2. The summed E-state index contributed by atoms with van der Waals surface area (Å²) in [5.74, 6) is 0.874. The number of hydrogen-bond acceptors (Lipinski definition) is 4. The molecule has 0 radical (unpaired) electrons. The Labute approximate surface area is 136 Å². The first-order chi connectivity index (χ1) is 10.2. The molecule has 1 aliphatic heterocycles. The SMILES string of the molecule is CCN(CC)CCN1C(=O)CSC1c1ccc(SC)cc1. The lowest BCUT2D eigenvalue weighted by atomic mass is 10.2. The number of amides is 1.